The van der Waals surface area contributed by atoms with E-state index in [1.54, 1.807) is 0 Å². The Morgan fingerprint density at radius 3 is 2.25 bits per heavy atom. The van der Waals surface area contributed by atoms with Gasteiger partial charge in [0.15, 0.2) is 5.82 Å². The Morgan fingerprint density at radius 2 is 1.69 bits per heavy atom. The third kappa shape index (κ3) is 1.95. The molecule has 2 aromatic rings. The van der Waals surface area contributed by atoms with Gasteiger partial charge in [0, 0.05) is 5.69 Å². The van der Waals surface area contributed by atoms with E-state index in [-0.39, 0.29) is 0 Å². The summed E-state index contributed by atoms with van der Waals surface area (Å²) in [5.74, 6) is 2.01. The zero-order valence-electron chi connectivity index (χ0n) is 9.66. The van der Waals surface area contributed by atoms with Crippen LogP contribution >= 0.6 is 11.6 Å². The zero-order chi connectivity index (χ0) is 11.7. The maximum atomic E-state index is 5.85. The molecule has 1 heterocycles. The van der Waals surface area contributed by atoms with Crippen LogP contribution in [-0.4, -0.2) is 14.8 Å². The first-order chi connectivity index (χ1) is 7.61. The van der Waals surface area contributed by atoms with Gasteiger partial charge in [-0.1, -0.05) is 6.07 Å². The van der Waals surface area contributed by atoms with Crippen molar-refractivity contribution in [3.8, 4) is 5.69 Å². The molecule has 1 aromatic heterocycles. The van der Waals surface area contributed by atoms with Crippen molar-refractivity contribution >= 4 is 11.6 Å². The van der Waals surface area contributed by atoms with Gasteiger partial charge in [0.25, 0.3) is 0 Å². The lowest BCUT2D eigenvalue weighted by Crippen LogP contribution is -2.02. The van der Waals surface area contributed by atoms with Gasteiger partial charge < -0.3 is 0 Å². The molecular formula is C12H14ClN3. The highest BCUT2D eigenvalue weighted by molar-refractivity contribution is 6.16. The fourth-order valence-electron chi connectivity index (χ4n) is 1.91. The van der Waals surface area contributed by atoms with E-state index in [1.165, 1.54) is 11.1 Å². The lowest BCUT2D eigenvalue weighted by molar-refractivity contribution is 0.922. The molecule has 0 amide bonds. The van der Waals surface area contributed by atoms with E-state index < -0.39 is 0 Å². The minimum atomic E-state index is 0.369. The predicted octanol–water partition coefficient (Wildman–Crippen LogP) is 2.93. The summed E-state index contributed by atoms with van der Waals surface area (Å²) in [4.78, 5) is 0. The van der Waals surface area contributed by atoms with E-state index in [9.17, 15) is 0 Å². The molecule has 84 valence electrons. The highest BCUT2D eigenvalue weighted by Crippen LogP contribution is 2.17. The average molecular weight is 236 g/mol. The zero-order valence-corrected chi connectivity index (χ0v) is 10.4. The maximum Gasteiger partial charge on any atom is 0.152 e. The first-order valence-electron chi connectivity index (χ1n) is 5.17. The molecule has 16 heavy (non-hydrogen) atoms. The van der Waals surface area contributed by atoms with Gasteiger partial charge in [0.2, 0.25) is 0 Å². The second kappa shape index (κ2) is 4.26. The van der Waals surface area contributed by atoms with Gasteiger partial charge in [-0.3, -0.25) is 4.57 Å². The molecule has 0 bridgehead atoms. The summed E-state index contributed by atoms with van der Waals surface area (Å²) in [6.45, 7) is 6.09. The second-order valence-electron chi connectivity index (χ2n) is 3.98. The van der Waals surface area contributed by atoms with Crippen LogP contribution in [0.25, 0.3) is 5.69 Å². The summed E-state index contributed by atoms with van der Waals surface area (Å²) >= 11 is 5.85. The molecule has 0 N–H and O–H groups in total. The average Bonchev–Trinajstić information content (AvgIpc) is 2.58. The van der Waals surface area contributed by atoms with Crippen molar-refractivity contribution in [2.24, 2.45) is 0 Å². The Kier molecular flexibility index (Phi) is 2.97. The maximum absolute atomic E-state index is 5.85. The van der Waals surface area contributed by atoms with Crippen molar-refractivity contribution < 1.29 is 0 Å². The largest absolute Gasteiger partial charge is 0.282 e. The van der Waals surface area contributed by atoms with Gasteiger partial charge in [0.05, 0.1) is 5.88 Å². The molecule has 0 spiro atoms. The summed E-state index contributed by atoms with van der Waals surface area (Å²) in [5.41, 5.74) is 3.53. The normalized spacial score (nSPS) is 10.8. The molecule has 0 atom stereocenters. The fourth-order valence-corrected chi connectivity index (χ4v) is 2.08. The molecule has 4 heteroatoms. The van der Waals surface area contributed by atoms with Crippen molar-refractivity contribution in [1.82, 2.24) is 14.8 Å². The van der Waals surface area contributed by atoms with Crippen LogP contribution in [0.15, 0.2) is 18.2 Å². The van der Waals surface area contributed by atoms with E-state index in [1.807, 2.05) is 11.5 Å². The fraction of sp³-hybridized carbons (Fsp3) is 0.333. The van der Waals surface area contributed by atoms with Crippen LogP contribution < -0.4 is 0 Å². The standard InChI is InChI=1S/C12H14ClN3/c1-8-4-9(2)6-11(5-8)16-10(3)14-15-12(16)7-13/h4-6H,7H2,1-3H3. The molecule has 3 nitrogen and oxygen atoms in total. The molecule has 0 unspecified atom stereocenters. The highest BCUT2D eigenvalue weighted by atomic mass is 35.5. The van der Waals surface area contributed by atoms with Crippen LogP contribution in [0.4, 0.5) is 0 Å². The second-order valence-corrected chi connectivity index (χ2v) is 4.25. The van der Waals surface area contributed by atoms with Crippen LogP contribution in [0, 0.1) is 20.8 Å². The topological polar surface area (TPSA) is 30.7 Å². The summed E-state index contributed by atoms with van der Waals surface area (Å²) in [7, 11) is 0. The summed E-state index contributed by atoms with van der Waals surface area (Å²) in [5, 5.41) is 8.10. The molecule has 0 saturated carbocycles. The number of hydrogen-bond donors (Lipinski definition) is 0. The molecule has 0 aliphatic carbocycles. The Balaban J connectivity index is 2.61. The minimum Gasteiger partial charge on any atom is -0.282 e. The van der Waals surface area contributed by atoms with Crippen molar-refractivity contribution in [3.05, 3.63) is 41.0 Å². The Bertz CT molecular complexity index is 497. The molecule has 0 aliphatic rings. The van der Waals surface area contributed by atoms with Gasteiger partial charge in [0.1, 0.15) is 5.82 Å². The summed E-state index contributed by atoms with van der Waals surface area (Å²) in [6, 6.07) is 6.36. The van der Waals surface area contributed by atoms with E-state index in [2.05, 4.69) is 42.2 Å². The molecule has 0 radical (unpaired) electrons. The Hall–Kier alpha value is -1.35. The van der Waals surface area contributed by atoms with Gasteiger partial charge in [-0.15, -0.1) is 21.8 Å². The Morgan fingerprint density at radius 1 is 1.06 bits per heavy atom. The summed E-state index contributed by atoms with van der Waals surface area (Å²) in [6.07, 6.45) is 0. The van der Waals surface area contributed by atoms with Crippen LogP contribution in [0.1, 0.15) is 22.8 Å². The van der Waals surface area contributed by atoms with E-state index in [0.717, 1.165) is 17.3 Å². The van der Waals surface area contributed by atoms with Crippen LogP contribution in [0.2, 0.25) is 0 Å². The number of alkyl halides is 1. The van der Waals surface area contributed by atoms with Gasteiger partial charge in [-0.25, -0.2) is 0 Å². The number of rotatable bonds is 2. The van der Waals surface area contributed by atoms with E-state index in [4.69, 9.17) is 11.6 Å². The lowest BCUT2D eigenvalue weighted by atomic mass is 10.1. The quantitative estimate of drug-likeness (QED) is 0.750. The van der Waals surface area contributed by atoms with Crippen molar-refractivity contribution in [1.29, 1.82) is 0 Å². The van der Waals surface area contributed by atoms with Crippen molar-refractivity contribution in [2.75, 3.05) is 0 Å². The number of aromatic nitrogens is 3. The first-order valence-corrected chi connectivity index (χ1v) is 5.71. The van der Waals surface area contributed by atoms with E-state index in [0.29, 0.717) is 5.88 Å². The number of benzene rings is 1. The number of aryl methyl sites for hydroxylation is 3. The summed E-state index contributed by atoms with van der Waals surface area (Å²) < 4.78 is 1.99. The SMILES string of the molecule is Cc1cc(C)cc(-n2c(C)nnc2CCl)c1. The number of nitrogens with zero attached hydrogens (tertiary/aromatic N) is 3. The molecule has 1 aromatic carbocycles. The third-order valence-corrected chi connectivity index (χ3v) is 2.72. The number of halogens is 1. The Labute approximate surface area is 100 Å². The predicted molar refractivity (Wildman–Crippen MR) is 65.1 cm³/mol. The lowest BCUT2D eigenvalue weighted by Gasteiger charge is -2.09. The van der Waals surface area contributed by atoms with Crippen LogP contribution in [0.3, 0.4) is 0 Å². The van der Waals surface area contributed by atoms with Gasteiger partial charge in [-0.05, 0) is 44.0 Å². The molecular weight excluding hydrogens is 222 g/mol. The van der Waals surface area contributed by atoms with Crippen LogP contribution in [0.5, 0.6) is 0 Å². The first kappa shape index (κ1) is 11.1. The van der Waals surface area contributed by atoms with Crippen molar-refractivity contribution in [3.63, 3.8) is 0 Å². The minimum absolute atomic E-state index is 0.369. The van der Waals surface area contributed by atoms with Crippen molar-refractivity contribution in [2.45, 2.75) is 26.7 Å². The van der Waals surface area contributed by atoms with Crippen LogP contribution in [-0.2, 0) is 5.88 Å². The molecule has 0 fully saturated rings. The number of hydrogen-bond acceptors (Lipinski definition) is 2. The van der Waals surface area contributed by atoms with Gasteiger partial charge in [-0.2, -0.15) is 0 Å². The molecule has 0 saturated heterocycles. The monoisotopic (exact) mass is 235 g/mol. The highest BCUT2D eigenvalue weighted by Gasteiger charge is 2.09. The van der Waals surface area contributed by atoms with E-state index >= 15 is 0 Å². The third-order valence-electron chi connectivity index (χ3n) is 2.48. The smallest absolute Gasteiger partial charge is 0.152 e. The molecule has 0 aliphatic heterocycles. The molecule has 2 rings (SSSR count). The van der Waals surface area contributed by atoms with Gasteiger partial charge >= 0.3 is 0 Å².